The van der Waals surface area contributed by atoms with Gasteiger partial charge >= 0.3 is 0 Å². The highest BCUT2D eigenvalue weighted by Crippen LogP contribution is 2.32. The zero-order valence-corrected chi connectivity index (χ0v) is 10.8. The smallest absolute Gasteiger partial charge is 0.161 e. The third kappa shape index (κ3) is 2.47. The second-order valence-corrected chi connectivity index (χ2v) is 3.95. The van der Waals surface area contributed by atoms with Gasteiger partial charge < -0.3 is 15.2 Å². The minimum absolute atomic E-state index is 0.279. The Morgan fingerprint density at radius 1 is 1.26 bits per heavy atom. The van der Waals surface area contributed by atoms with Crippen LogP contribution in [-0.4, -0.2) is 24.4 Å². The normalized spacial score (nSPS) is 12.2. The molecule has 0 aliphatic rings. The number of H-pyrrole nitrogens is 1. The SMILES string of the molecule is COc1ccc(C(NN)c2cn[nH]c2N)cc1OC. The van der Waals surface area contributed by atoms with Crippen LogP contribution in [0, 0.1) is 0 Å². The van der Waals surface area contributed by atoms with Crippen LogP contribution in [0.5, 0.6) is 11.5 Å². The van der Waals surface area contributed by atoms with Crippen LogP contribution in [0.3, 0.4) is 0 Å². The Kier molecular flexibility index (Phi) is 3.88. The number of nitrogens with zero attached hydrogens (tertiary/aromatic N) is 1. The van der Waals surface area contributed by atoms with E-state index in [1.165, 1.54) is 0 Å². The Balaban J connectivity index is 2.42. The third-order valence-electron chi connectivity index (χ3n) is 2.92. The fraction of sp³-hybridized carbons (Fsp3) is 0.250. The number of hydrogen-bond acceptors (Lipinski definition) is 6. The van der Waals surface area contributed by atoms with Crippen LogP contribution < -0.4 is 26.5 Å². The number of anilines is 1. The number of nitrogens with one attached hydrogen (secondary N) is 2. The van der Waals surface area contributed by atoms with E-state index in [0.29, 0.717) is 17.3 Å². The molecule has 0 aliphatic carbocycles. The van der Waals surface area contributed by atoms with E-state index in [2.05, 4.69) is 15.6 Å². The Hall–Kier alpha value is -2.25. The number of hydrazine groups is 1. The molecule has 1 aromatic heterocycles. The zero-order chi connectivity index (χ0) is 13.8. The van der Waals surface area contributed by atoms with E-state index < -0.39 is 0 Å². The molecule has 1 heterocycles. The molecule has 0 radical (unpaired) electrons. The van der Waals surface area contributed by atoms with Gasteiger partial charge in [-0.3, -0.25) is 10.9 Å². The van der Waals surface area contributed by atoms with E-state index in [1.54, 1.807) is 20.4 Å². The largest absolute Gasteiger partial charge is 0.493 e. The summed E-state index contributed by atoms with van der Waals surface area (Å²) in [7, 11) is 3.17. The van der Waals surface area contributed by atoms with Gasteiger partial charge in [0.25, 0.3) is 0 Å². The Morgan fingerprint density at radius 3 is 2.53 bits per heavy atom. The number of rotatable bonds is 5. The van der Waals surface area contributed by atoms with Crippen LogP contribution in [-0.2, 0) is 0 Å². The number of nitrogen functional groups attached to an aromatic ring is 1. The third-order valence-corrected chi connectivity index (χ3v) is 2.92. The van der Waals surface area contributed by atoms with Gasteiger partial charge in [0.1, 0.15) is 5.82 Å². The number of hydrogen-bond donors (Lipinski definition) is 4. The minimum Gasteiger partial charge on any atom is -0.493 e. The number of ether oxygens (including phenoxy) is 2. The zero-order valence-electron chi connectivity index (χ0n) is 10.8. The van der Waals surface area contributed by atoms with Crippen molar-refractivity contribution in [3.63, 3.8) is 0 Å². The topological polar surface area (TPSA) is 111 Å². The molecule has 0 aliphatic heterocycles. The predicted octanol–water partition coefficient (Wildman–Crippen LogP) is 0.562. The molecule has 1 aromatic carbocycles. The summed E-state index contributed by atoms with van der Waals surface area (Å²) in [5.41, 5.74) is 10.2. The average Bonchev–Trinajstić information content (AvgIpc) is 2.86. The van der Waals surface area contributed by atoms with E-state index >= 15 is 0 Å². The van der Waals surface area contributed by atoms with Crippen molar-refractivity contribution in [1.29, 1.82) is 0 Å². The molecule has 0 bridgehead atoms. The number of benzene rings is 1. The highest BCUT2D eigenvalue weighted by molar-refractivity contribution is 5.49. The Bertz CT molecular complexity index is 555. The molecule has 0 fully saturated rings. The van der Waals surface area contributed by atoms with Crippen LogP contribution in [0.1, 0.15) is 17.2 Å². The molecule has 19 heavy (non-hydrogen) atoms. The van der Waals surface area contributed by atoms with Gasteiger partial charge in [-0.05, 0) is 17.7 Å². The van der Waals surface area contributed by atoms with Crippen molar-refractivity contribution in [2.75, 3.05) is 20.0 Å². The quantitative estimate of drug-likeness (QED) is 0.463. The molecule has 2 rings (SSSR count). The van der Waals surface area contributed by atoms with Gasteiger partial charge in [-0.2, -0.15) is 5.10 Å². The first kappa shape index (κ1) is 13.2. The van der Waals surface area contributed by atoms with Gasteiger partial charge in [-0.25, -0.2) is 5.43 Å². The lowest BCUT2D eigenvalue weighted by molar-refractivity contribution is 0.354. The summed E-state index contributed by atoms with van der Waals surface area (Å²) in [6, 6.07) is 5.27. The van der Waals surface area contributed by atoms with Gasteiger partial charge in [0.15, 0.2) is 11.5 Å². The molecule has 0 saturated carbocycles. The molecule has 0 amide bonds. The summed E-state index contributed by atoms with van der Waals surface area (Å²) in [6.07, 6.45) is 1.64. The van der Waals surface area contributed by atoms with Crippen molar-refractivity contribution in [3.8, 4) is 11.5 Å². The van der Waals surface area contributed by atoms with E-state index in [-0.39, 0.29) is 6.04 Å². The molecule has 6 N–H and O–H groups in total. The summed E-state index contributed by atoms with van der Waals surface area (Å²) in [5, 5.41) is 6.57. The van der Waals surface area contributed by atoms with Crippen LogP contribution >= 0.6 is 0 Å². The number of methoxy groups -OCH3 is 2. The lowest BCUT2D eigenvalue weighted by Crippen LogP contribution is -2.29. The van der Waals surface area contributed by atoms with Crippen LogP contribution in [0.25, 0.3) is 0 Å². The van der Waals surface area contributed by atoms with Crippen molar-refractivity contribution in [1.82, 2.24) is 15.6 Å². The monoisotopic (exact) mass is 263 g/mol. The maximum absolute atomic E-state index is 5.81. The second kappa shape index (κ2) is 5.59. The van der Waals surface area contributed by atoms with E-state index in [1.807, 2.05) is 18.2 Å². The number of aromatic nitrogens is 2. The fourth-order valence-electron chi connectivity index (χ4n) is 1.93. The summed E-state index contributed by atoms with van der Waals surface area (Å²) in [4.78, 5) is 0. The van der Waals surface area contributed by atoms with Gasteiger partial charge in [0, 0.05) is 5.56 Å². The number of aromatic amines is 1. The molecular formula is C12H17N5O2. The molecule has 0 spiro atoms. The van der Waals surface area contributed by atoms with Crippen LogP contribution in [0.2, 0.25) is 0 Å². The van der Waals surface area contributed by atoms with Crippen molar-refractivity contribution < 1.29 is 9.47 Å². The molecule has 2 aromatic rings. The van der Waals surface area contributed by atoms with Gasteiger partial charge in [0.2, 0.25) is 0 Å². The summed E-state index contributed by atoms with van der Waals surface area (Å²) in [6.45, 7) is 0. The molecule has 7 nitrogen and oxygen atoms in total. The molecule has 1 atom stereocenters. The molecular weight excluding hydrogens is 246 g/mol. The summed E-state index contributed by atoms with van der Waals surface area (Å²) < 4.78 is 10.5. The molecule has 1 unspecified atom stereocenters. The molecule has 102 valence electrons. The standard InChI is InChI=1S/C12H17N5O2/c1-18-9-4-3-7(5-10(9)19-2)11(16-14)8-6-15-17-12(8)13/h3-6,11,16H,14H2,1-2H3,(H3,13,15,17). The van der Waals surface area contributed by atoms with Crippen LogP contribution in [0.15, 0.2) is 24.4 Å². The number of nitrogens with two attached hydrogens (primary N) is 2. The lowest BCUT2D eigenvalue weighted by atomic mass is 10.0. The fourth-order valence-corrected chi connectivity index (χ4v) is 1.93. The maximum atomic E-state index is 5.81. The first-order valence-corrected chi connectivity index (χ1v) is 5.68. The second-order valence-electron chi connectivity index (χ2n) is 3.95. The lowest BCUT2D eigenvalue weighted by Gasteiger charge is -2.17. The first-order valence-electron chi connectivity index (χ1n) is 5.68. The molecule has 0 saturated heterocycles. The van der Waals surface area contributed by atoms with Crippen LogP contribution in [0.4, 0.5) is 5.82 Å². The highest BCUT2D eigenvalue weighted by Gasteiger charge is 2.18. The van der Waals surface area contributed by atoms with Crippen molar-refractivity contribution in [2.45, 2.75) is 6.04 Å². The van der Waals surface area contributed by atoms with E-state index in [9.17, 15) is 0 Å². The van der Waals surface area contributed by atoms with Gasteiger partial charge in [-0.1, -0.05) is 6.07 Å². The average molecular weight is 263 g/mol. The van der Waals surface area contributed by atoms with Crippen molar-refractivity contribution in [2.24, 2.45) is 5.84 Å². The Morgan fingerprint density at radius 2 is 2.00 bits per heavy atom. The highest BCUT2D eigenvalue weighted by atomic mass is 16.5. The maximum Gasteiger partial charge on any atom is 0.161 e. The van der Waals surface area contributed by atoms with Crippen molar-refractivity contribution >= 4 is 5.82 Å². The first-order chi connectivity index (χ1) is 9.21. The van der Waals surface area contributed by atoms with E-state index in [0.717, 1.165) is 11.1 Å². The van der Waals surface area contributed by atoms with E-state index in [4.69, 9.17) is 21.1 Å². The summed E-state index contributed by atoms with van der Waals surface area (Å²) >= 11 is 0. The predicted molar refractivity (Wildman–Crippen MR) is 71.7 cm³/mol. The van der Waals surface area contributed by atoms with Crippen molar-refractivity contribution in [3.05, 3.63) is 35.5 Å². The Labute approximate surface area is 110 Å². The van der Waals surface area contributed by atoms with Gasteiger partial charge in [-0.15, -0.1) is 0 Å². The molecule has 7 heteroatoms. The minimum atomic E-state index is -0.279. The van der Waals surface area contributed by atoms with Gasteiger partial charge in [0.05, 0.1) is 26.5 Å². The summed E-state index contributed by atoms with van der Waals surface area (Å²) in [5.74, 6) is 7.36.